The van der Waals surface area contributed by atoms with E-state index in [0.29, 0.717) is 17.9 Å². The molecule has 0 unspecified atom stereocenters. The number of ether oxygens (including phenoxy) is 2. The summed E-state index contributed by atoms with van der Waals surface area (Å²) in [4.78, 5) is 26.7. The Labute approximate surface area is 188 Å². The number of nitro groups is 1. The Kier molecular flexibility index (Phi) is 6.00. The molecule has 32 heavy (non-hydrogen) atoms. The normalized spacial score (nSPS) is 14.2. The summed E-state index contributed by atoms with van der Waals surface area (Å²) in [6.07, 6.45) is 1.58. The quantitative estimate of drug-likeness (QED) is 0.215. The molecule has 3 aromatic carbocycles. The number of aliphatic imine (C=N–C) groups is 1. The van der Waals surface area contributed by atoms with E-state index in [1.165, 1.54) is 18.2 Å². The Bertz CT molecular complexity index is 1270. The number of benzene rings is 3. The van der Waals surface area contributed by atoms with Crippen LogP contribution in [0.15, 0.2) is 77.4 Å². The third kappa shape index (κ3) is 4.68. The molecule has 160 valence electrons. The maximum absolute atomic E-state index is 12.2. The van der Waals surface area contributed by atoms with Crippen molar-refractivity contribution >= 4 is 35.2 Å². The maximum atomic E-state index is 12.2. The summed E-state index contributed by atoms with van der Waals surface area (Å²) in [5.41, 5.74) is 3.25. The van der Waals surface area contributed by atoms with E-state index in [-0.39, 0.29) is 22.3 Å². The highest BCUT2D eigenvalue weighted by Gasteiger charge is 2.26. The van der Waals surface area contributed by atoms with E-state index in [1.54, 1.807) is 18.2 Å². The first-order chi connectivity index (χ1) is 15.4. The number of nitro benzene ring substituents is 1. The minimum absolute atomic E-state index is 0.000618. The summed E-state index contributed by atoms with van der Waals surface area (Å²) >= 11 is 6.10. The van der Waals surface area contributed by atoms with Gasteiger partial charge in [0, 0.05) is 12.1 Å². The van der Waals surface area contributed by atoms with Crippen molar-refractivity contribution in [1.29, 1.82) is 0 Å². The zero-order valence-corrected chi connectivity index (χ0v) is 17.7. The number of carbonyl (C=O) groups excluding carboxylic acids is 1. The number of hydrogen-bond acceptors (Lipinski definition) is 6. The van der Waals surface area contributed by atoms with Crippen LogP contribution in [0.25, 0.3) is 6.08 Å². The third-order valence-corrected chi connectivity index (χ3v) is 5.17. The van der Waals surface area contributed by atoms with Crippen molar-refractivity contribution in [2.45, 2.75) is 13.5 Å². The number of aryl methyl sites for hydroxylation is 1. The van der Waals surface area contributed by atoms with Crippen molar-refractivity contribution < 1.29 is 19.2 Å². The fourth-order valence-electron chi connectivity index (χ4n) is 3.07. The number of nitrogens with zero attached hydrogens (tertiary/aromatic N) is 2. The van der Waals surface area contributed by atoms with Crippen molar-refractivity contribution in [2.75, 3.05) is 0 Å². The average Bonchev–Trinajstić information content (AvgIpc) is 3.14. The lowest BCUT2D eigenvalue weighted by atomic mass is 10.1. The van der Waals surface area contributed by atoms with E-state index in [1.807, 2.05) is 43.3 Å². The molecule has 1 aliphatic rings. The number of carbonyl (C=O) groups is 1. The van der Waals surface area contributed by atoms with Gasteiger partial charge in [-0.1, -0.05) is 48.0 Å². The minimum atomic E-state index is -0.630. The van der Waals surface area contributed by atoms with Crippen molar-refractivity contribution in [1.82, 2.24) is 0 Å². The summed E-state index contributed by atoms with van der Waals surface area (Å²) in [7, 11) is 0. The Morgan fingerprint density at radius 3 is 2.56 bits per heavy atom. The molecule has 7 nitrogen and oxygen atoms in total. The molecule has 0 amide bonds. The largest absolute Gasteiger partial charge is 0.489 e. The highest BCUT2D eigenvalue weighted by molar-refractivity contribution is 6.34. The molecular formula is C24H17ClN2O5. The van der Waals surface area contributed by atoms with Crippen LogP contribution in [0.5, 0.6) is 5.75 Å². The monoisotopic (exact) mass is 448 g/mol. The van der Waals surface area contributed by atoms with Crippen molar-refractivity contribution in [2.24, 2.45) is 4.99 Å². The van der Waals surface area contributed by atoms with Crippen LogP contribution in [0.3, 0.4) is 0 Å². The van der Waals surface area contributed by atoms with Crippen LogP contribution < -0.4 is 4.74 Å². The molecule has 0 saturated carbocycles. The molecule has 0 spiro atoms. The van der Waals surface area contributed by atoms with Crippen LogP contribution in [0, 0.1) is 17.0 Å². The fourth-order valence-corrected chi connectivity index (χ4v) is 3.32. The Hall–Kier alpha value is -3.97. The highest BCUT2D eigenvalue weighted by atomic mass is 35.5. The molecule has 8 heteroatoms. The van der Waals surface area contributed by atoms with Gasteiger partial charge in [0.15, 0.2) is 5.70 Å². The lowest BCUT2D eigenvalue weighted by Gasteiger charge is -2.08. The average molecular weight is 449 g/mol. The van der Waals surface area contributed by atoms with Gasteiger partial charge in [0.1, 0.15) is 12.4 Å². The van der Waals surface area contributed by atoms with Crippen LogP contribution >= 0.6 is 11.6 Å². The van der Waals surface area contributed by atoms with Gasteiger partial charge in [-0.3, -0.25) is 10.1 Å². The van der Waals surface area contributed by atoms with Crippen LogP contribution in [-0.2, 0) is 16.1 Å². The Balaban J connectivity index is 1.49. The summed E-state index contributed by atoms with van der Waals surface area (Å²) in [6.45, 7) is 2.50. The van der Waals surface area contributed by atoms with Gasteiger partial charge in [-0.15, -0.1) is 0 Å². The fraction of sp³-hybridized carbons (Fsp3) is 0.0833. The number of halogens is 1. The van der Waals surface area contributed by atoms with Crippen LogP contribution in [0.2, 0.25) is 5.02 Å². The van der Waals surface area contributed by atoms with Gasteiger partial charge < -0.3 is 9.47 Å². The predicted molar refractivity (Wildman–Crippen MR) is 121 cm³/mol. The second-order valence-electron chi connectivity index (χ2n) is 7.04. The number of esters is 1. The molecule has 4 rings (SSSR count). The number of non-ortho nitro benzene ring substituents is 1. The van der Waals surface area contributed by atoms with Gasteiger partial charge in [-0.05, 0) is 47.9 Å². The summed E-state index contributed by atoms with van der Waals surface area (Å²) < 4.78 is 11.0. The van der Waals surface area contributed by atoms with Gasteiger partial charge in [-0.2, -0.15) is 0 Å². The molecule has 1 heterocycles. The zero-order chi connectivity index (χ0) is 22.7. The third-order valence-electron chi connectivity index (χ3n) is 4.85. The van der Waals surface area contributed by atoms with E-state index in [4.69, 9.17) is 21.1 Å². The van der Waals surface area contributed by atoms with E-state index in [0.717, 1.165) is 16.7 Å². The highest BCUT2D eigenvalue weighted by Crippen LogP contribution is 2.27. The number of cyclic esters (lactones) is 1. The molecule has 0 fully saturated rings. The van der Waals surface area contributed by atoms with Crippen molar-refractivity contribution in [3.05, 3.63) is 110 Å². The second-order valence-corrected chi connectivity index (χ2v) is 7.45. The molecule has 0 aromatic heterocycles. The summed E-state index contributed by atoms with van der Waals surface area (Å²) in [5.74, 6) is 0.0693. The Morgan fingerprint density at radius 1 is 1.12 bits per heavy atom. The van der Waals surface area contributed by atoms with Crippen molar-refractivity contribution in [3.8, 4) is 5.75 Å². The standard InChI is InChI=1S/C24H17ClN2O5/c1-15-4-2-3-5-17(15)14-31-19-9-6-16(7-10-19)12-22-24(28)32-23(26-22)20-11-8-18(27(29)30)13-21(20)25/h2-13H,14H2,1H3. The zero-order valence-electron chi connectivity index (χ0n) is 16.9. The SMILES string of the molecule is Cc1ccccc1COc1ccc(C=C2N=C(c3ccc([N+](=O)[O-])cc3Cl)OC2=O)cc1. The Morgan fingerprint density at radius 2 is 1.88 bits per heavy atom. The number of hydrogen-bond donors (Lipinski definition) is 0. The van der Waals surface area contributed by atoms with Crippen LogP contribution in [0.4, 0.5) is 5.69 Å². The lowest BCUT2D eigenvalue weighted by Crippen LogP contribution is -2.06. The smallest absolute Gasteiger partial charge is 0.363 e. The predicted octanol–water partition coefficient (Wildman–Crippen LogP) is 5.48. The molecule has 3 aromatic rings. The second kappa shape index (κ2) is 9.03. The molecule has 0 aliphatic carbocycles. The topological polar surface area (TPSA) is 91.0 Å². The molecule has 0 N–H and O–H groups in total. The van der Waals surface area contributed by atoms with Gasteiger partial charge in [0.05, 0.1) is 15.5 Å². The van der Waals surface area contributed by atoms with E-state index in [9.17, 15) is 14.9 Å². The molecule has 0 bridgehead atoms. The van der Waals surface area contributed by atoms with E-state index in [2.05, 4.69) is 4.99 Å². The summed E-state index contributed by atoms with van der Waals surface area (Å²) in [5, 5.41) is 10.9. The van der Waals surface area contributed by atoms with Crippen molar-refractivity contribution in [3.63, 3.8) is 0 Å². The molecular weight excluding hydrogens is 432 g/mol. The first-order valence-electron chi connectivity index (χ1n) is 9.65. The molecule has 1 aliphatic heterocycles. The van der Waals surface area contributed by atoms with Gasteiger partial charge >= 0.3 is 5.97 Å². The van der Waals surface area contributed by atoms with Gasteiger partial charge in [0.2, 0.25) is 5.90 Å². The molecule has 0 radical (unpaired) electrons. The summed E-state index contributed by atoms with van der Waals surface area (Å²) in [6, 6.07) is 19.1. The first-order valence-corrected chi connectivity index (χ1v) is 10.0. The van der Waals surface area contributed by atoms with E-state index >= 15 is 0 Å². The van der Waals surface area contributed by atoms with Crippen LogP contribution in [0.1, 0.15) is 22.3 Å². The number of rotatable bonds is 6. The minimum Gasteiger partial charge on any atom is -0.489 e. The van der Waals surface area contributed by atoms with Gasteiger partial charge in [-0.25, -0.2) is 9.79 Å². The first kappa shape index (κ1) is 21.3. The van der Waals surface area contributed by atoms with E-state index < -0.39 is 10.9 Å². The van der Waals surface area contributed by atoms with Crippen LogP contribution in [-0.4, -0.2) is 16.8 Å². The lowest BCUT2D eigenvalue weighted by molar-refractivity contribution is -0.384. The maximum Gasteiger partial charge on any atom is 0.363 e. The molecule has 0 atom stereocenters. The van der Waals surface area contributed by atoms with Gasteiger partial charge in [0.25, 0.3) is 5.69 Å². The molecule has 0 saturated heterocycles.